The molecule has 4 atom stereocenters. The maximum Gasteiger partial charge on any atom is 0.108 e. The normalized spacial score (nSPS) is 39.9. The van der Waals surface area contributed by atoms with Crippen LogP contribution < -0.4 is 5.73 Å². The third kappa shape index (κ3) is 2.92. The highest BCUT2D eigenvalue weighted by Gasteiger charge is 2.38. The van der Waals surface area contributed by atoms with E-state index < -0.39 is 18.2 Å². The van der Waals surface area contributed by atoms with Crippen LogP contribution in [0.1, 0.15) is 27.2 Å². The van der Waals surface area contributed by atoms with E-state index in [1.807, 2.05) is 0 Å². The molecule has 1 rings (SSSR count). The van der Waals surface area contributed by atoms with Crippen molar-refractivity contribution in [2.24, 2.45) is 11.1 Å². The highest BCUT2D eigenvalue weighted by molar-refractivity contribution is 4.95. The Balaban J connectivity index is 2.55. The van der Waals surface area contributed by atoms with E-state index in [0.29, 0.717) is 6.42 Å². The molecule has 1 saturated heterocycles. The third-order valence-electron chi connectivity index (χ3n) is 2.35. The van der Waals surface area contributed by atoms with Gasteiger partial charge < -0.3 is 20.7 Å². The number of aliphatic hydroxyl groups excluding tert-OH is 2. The van der Waals surface area contributed by atoms with Crippen LogP contribution in [0.2, 0.25) is 0 Å². The molecule has 4 heteroatoms. The molecule has 1 radical (unpaired) electrons. The van der Waals surface area contributed by atoms with Crippen molar-refractivity contribution in [3.8, 4) is 0 Å². The maximum atomic E-state index is 9.70. The van der Waals surface area contributed by atoms with Gasteiger partial charge in [0.05, 0.1) is 12.1 Å². The smallest absolute Gasteiger partial charge is 0.108 e. The van der Waals surface area contributed by atoms with Crippen molar-refractivity contribution in [2.45, 2.75) is 51.5 Å². The van der Waals surface area contributed by atoms with Crippen LogP contribution in [0.5, 0.6) is 0 Å². The minimum Gasteiger partial charge on any atom is -0.389 e. The molecule has 0 aromatic heterocycles. The molecule has 0 unspecified atom stereocenters. The van der Waals surface area contributed by atoms with E-state index in [0.717, 1.165) is 0 Å². The molecule has 0 amide bonds. The highest BCUT2D eigenvalue weighted by Crippen LogP contribution is 2.28. The van der Waals surface area contributed by atoms with Gasteiger partial charge in [0.2, 0.25) is 0 Å². The van der Waals surface area contributed by atoms with Crippen molar-refractivity contribution < 1.29 is 14.9 Å². The van der Waals surface area contributed by atoms with Crippen LogP contribution >= 0.6 is 0 Å². The Labute approximate surface area is 85.1 Å². The van der Waals surface area contributed by atoms with Crippen molar-refractivity contribution in [1.82, 2.24) is 0 Å². The summed E-state index contributed by atoms with van der Waals surface area (Å²) >= 11 is 0. The van der Waals surface area contributed by atoms with E-state index >= 15 is 0 Å². The predicted octanol–water partition coefficient (Wildman–Crippen LogP) is 0.0323. The van der Waals surface area contributed by atoms with Crippen molar-refractivity contribution in [3.63, 3.8) is 0 Å². The fourth-order valence-corrected chi connectivity index (χ4v) is 1.57. The second kappa shape index (κ2) is 4.14. The molecule has 0 aromatic rings. The summed E-state index contributed by atoms with van der Waals surface area (Å²) in [5, 5.41) is 19.2. The summed E-state index contributed by atoms with van der Waals surface area (Å²) in [6.45, 7) is 7.59. The van der Waals surface area contributed by atoms with Crippen LogP contribution in [-0.2, 0) is 4.74 Å². The van der Waals surface area contributed by atoms with E-state index in [1.165, 1.54) is 6.61 Å². The van der Waals surface area contributed by atoms with Gasteiger partial charge >= 0.3 is 0 Å². The van der Waals surface area contributed by atoms with E-state index in [9.17, 15) is 10.2 Å². The molecule has 1 heterocycles. The average Bonchev–Trinajstić information content (AvgIpc) is 2.04. The Morgan fingerprint density at radius 1 is 1.29 bits per heavy atom. The molecule has 1 aliphatic heterocycles. The number of nitrogens with two attached hydrogens (primary N) is 1. The Morgan fingerprint density at radius 2 is 1.86 bits per heavy atom. The molecule has 1 aliphatic rings. The zero-order chi connectivity index (χ0) is 10.9. The van der Waals surface area contributed by atoms with Crippen molar-refractivity contribution in [1.29, 1.82) is 0 Å². The van der Waals surface area contributed by atoms with Gasteiger partial charge in [0.15, 0.2) is 0 Å². The average molecular weight is 202 g/mol. The molecule has 0 aromatic carbocycles. The monoisotopic (exact) mass is 202 g/mol. The SMILES string of the molecule is CC(C)(C)C[C@H]1O[CH][C@@H](N)[C@@H](O)[C@@H]1O. The number of rotatable bonds is 1. The van der Waals surface area contributed by atoms with Crippen molar-refractivity contribution in [3.05, 3.63) is 6.61 Å². The molecule has 0 bridgehead atoms. The van der Waals surface area contributed by atoms with Gasteiger partial charge in [0.25, 0.3) is 0 Å². The lowest BCUT2D eigenvalue weighted by atomic mass is 9.84. The third-order valence-corrected chi connectivity index (χ3v) is 2.35. The fraction of sp³-hybridized carbons (Fsp3) is 0.900. The van der Waals surface area contributed by atoms with Crippen LogP contribution in [0.3, 0.4) is 0 Å². The second-order valence-electron chi connectivity index (χ2n) is 5.13. The van der Waals surface area contributed by atoms with E-state index in [1.54, 1.807) is 0 Å². The first kappa shape index (κ1) is 11.9. The van der Waals surface area contributed by atoms with Gasteiger partial charge in [0, 0.05) is 0 Å². The van der Waals surface area contributed by atoms with E-state index in [4.69, 9.17) is 10.5 Å². The van der Waals surface area contributed by atoms with E-state index in [-0.39, 0.29) is 11.5 Å². The zero-order valence-corrected chi connectivity index (χ0v) is 8.97. The largest absolute Gasteiger partial charge is 0.389 e. The maximum absolute atomic E-state index is 9.70. The number of ether oxygens (including phenoxy) is 1. The molecule has 14 heavy (non-hydrogen) atoms. The van der Waals surface area contributed by atoms with Gasteiger partial charge in [0.1, 0.15) is 18.8 Å². The van der Waals surface area contributed by atoms with Gasteiger partial charge in [-0.15, -0.1) is 0 Å². The zero-order valence-electron chi connectivity index (χ0n) is 8.97. The molecule has 4 nitrogen and oxygen atoms in total. The first-order chi connectivity index (χ1) is 6.31. The van der Waals surface area contributed by atoms with Crippen LogP contribution in [-0.4, -0.2) is 34.6 Å². The number of hydrogen-bond donors (Lipinski definition) is 3. The van der Waals surface area contributed by atoms with Gasteiger partial charge in [-0.25, -0.2) is 0 Å². The van der Waals surface area contributed by atoms with Crippen LogP contribution in [0.4, 0.5) is 0 Å². The van der Waals surface area contributed by atoms with Gasteiger partial charge in [-0.2, -0.15) is 0 Å². The van der Waals surface area contributed by atoms with Crippen LogP contribution in [0, 0.1) is 12.0 Å². The Kier molecular flexibility index (Phi) is 3.53. The molecule has 0 spiro atoms. The summed E-state index contributed by atoms with van der Waals surface area (Å²) in [6, 6.07) is -0.596. The molecule has 0 saturated carbocycles. The van der Waals surface area contributed by atoms with Gasteiger partial charge in [-0.05, 0) is 11.8 Å². The van der Waals surface area contributed by atoms with Gasteiger partial charge in [-0.3, -0.25) is 0 Å². The minimum atomic E-state index is -0.920. The Hall–Kier alpha value is -0.160. The summed E-state index contributed by atoms with van der Waals surface area (Å²) in [5.74, 6) is 0. The topological polar surface area (TPSA) is 75.7 Å². The van der Waals surface area contributed by atoms with Crippen LogP contribution in [0.25, 0.3) is 0 Å². The van der Waals surface area contributed by atoms with Gasteiger partial charge in [-0.1, -0.05) is 20.8 Å². The minimum absolute atomic E-state index is 0.0562. The molecular weight excluding hydrogens is 182 g/mol. The van der Waals surface area contributed by atoms with Crippen molar-refractivity contribution in [2.75, 3.05) is 0 Å². The summed E-state index contributed by atoms with van der Waals surface area (Å²) in [7, 11) is 0. The number of hydrogen-bond acceptors (Lipinski definition) is 4. The predicted molar refractivity (Wildman–Crippen MR) is 53.2 cm³/mol. The molecule has 4 N–H and O–H groups in total. The lowest BCUT2D eigenvalue weighted by molar-refractivity contribution is -0.129. The highest BCUT2D eigenvalue weighted by atomic mass is 16.5. The summed E-state index contributed by atoms with van der Waals surface area (Å²) in [5.41, 5.74) is 5.56. The molecular formula is C10H20NO3. The molecule has 83 valence electrons. The summed E-state index contributed by atoms with van der Waals surface area (Å²) in [4.78, 5) is 0. The summed E-state index contributed by atoms with van der Waals surface area (Å²) < 4.78 is 5.29. The Morgan fingerprint density at radius 3 is 2.36 bits per heavy atom. The first-order valence-electron chi connectivity index (χ1n) is 4.92. The lowest BCUT2D eigenvalue weighted by Crippen LogP contribution is -2.54. The quantitative estimate of drug-likeness (QED) is 0.561. The second-order valence-corrected chi connectivity index (χ2v) is 5.13. The fourth-order valence-electron chi connectivity index (χ4n) is 1.57. The standard InChI is InChI=1S/C10H20NO3/c1-10(2,3)4-7-9(13)8(12)6(11)5-14-7/h5-9,12-13H,4,11H2,1-3H3/t6-,7-,8-,9-/m1/s1. The summed E-state index contributed by atoms with van der Waals surface area (Å²) in [6.07, 6.45) is -1.48. The van der Waals surface area contributed by atoms with E-state index in [2.05, 4.69) is 20.8 Å². The number of aliphatic hydroxyl groups is 2. The van der Waals surface area contributed by atoms with Crippen molar-refractivity contribution >= 4 is 0 Å². The first-order valence-corrected chi connectivity index (χ1v) is 4.92. The lowest BCUT2D eigenvalue weighted by Gasteiger charge is -2.38. The molecule has 1 fully saturated rings. The van der Waals surface area contributed by atoms with Crippen LogP contribution in [0.15, 0.2) is 0 Å². The Bertz CT molecular complexity index is 190. The molecule has 0 aliphatic carbocycles.